The van der Waals surface area contributed by atoms with Crippen LogP contribution in [0.5, 0.6) is 0 Å². The van der Waals surface area contributed by atoms with Crippen LogP contribution in [0, 0.1) is 24.7 Å². The Balaban J connectivity index is 0. The van der Waals surface area contributed by atoms with Gasteiger partial charge in [-0.1, -0.05) is 27.7 Å². The minimum absolute atomic E-state index is 0. The quantitative estimate of drug-likeness (QED) is 0.698. The van der Waals surface area contributed by atoms with Crippen molar-refractivity contribution in [3.05, 3.63) is 13.3 Å². The standard InChI is InChI=1S/C12H23NO.Y/c1-10(2)11(14)7-8-13(6)9-12(3,4)5;/h7,10H,3,8-9H2,1-2,4-6H3;/q-2;. The predicted octanol–water partition coefficient (Wildman–Crippen LogP) is 2.21. The van der Waals surface area contributed by atoms with E-state index in [9.17, 15) is 4.79 Å². The maximum absolute atomic E-state index is 11.3. The molecule has 0 N–H and O–H groups in total. The van der Waals surface area contributed by atoms with Crippen molar-refractivity contribution in [1.29, 1.82) is 0 Å². The molecule has 0 rings (SSSR count). The molecule has 1 radical (unpaired) electrons. The number of carbonyl (C=O) groups excluding carboxylic acids is 1. The molecule has 0 aromatic carbocycles. The van der Waals surface area contributed by atoms with Crippen LogP contribution in [0.15, 0.2) is 0 Å². The van der Waals surface area contributed by atoms with E-state index >= 15 is 0 Å². The predicted molar refractivity (Wildman–Crippen MR) is 60.8 cm³/mol. The third-order valence-corrected chi connectivity index (χ3v) is 1.87. The van der Waals surface area contributed by atoms with Gasteiger partial charge >= 0.3 is 0 Å². The molecule has 3 heteroatoms. The molecule has 87 valence electrons. The van der Waals surface area contributed by atoms with Crippen molar-refractivity contribution in [2.24, 2.45) is 11.3 Å². The van der Waals surface area contributed by atoms with E-state index in [1.54, 1.807) is 6.42 Å². The van der Waals surface area contributed by atoms with Gasteiger partial charge in [0.05, 0.1) is 0 Å². The van der Waals surface area contributed by atoms with Gasteiger partial charge < -0.3 is 23.0 Å². The molecule has 0 unspecified atom stereocenters. The SMILES string of the molecule is [CH2-]C(C)(C)CN(C)C[CH-]C(=O)C(C)C.[Y]. The van der Waals surface area contributed by atoms with Gasteiger partial charge in [0.1, 0.15) is 0 Å². The summed E-state index contributed by atoms with van der Waals surface area (Å²) >= 11 is 0. The number of ketones is 1. The van der Waals surface area contributed by atoms with Crippen molar-refractivity contribution in [1.82, 2.24) is 4.90 Å². The molecule has 0 aliphatic carbocycles. The largest absolute Gasteiger partial charge is 0.337 e. The molecule has 0 spiro atoms. The van der Waals surface area contributed by atoms with Gasteiger partial charge in [0, 0.05) is 38.5 Å². The first kappa shape index (κ1) is 18.0. The van der Waals surface area contributed by atoms with Crippen molar-refractivity contribution in [2.75, 3.05) is 20.1 Å². The molecule has 0 amide bonds. The fourth-order valence-corrected chi connectivity index (χ4v) is 1.28. The minimum atomic E-state index is 0. The van der Waals surface area contributed by atoms with E-state index in [2.05, 4.69) is 25.7 Å². The summed E-state index contributed by atoms with van der Waals surface area (Å²) < 4.78 is 0. The second-order valence-corrected chi connectivity index (χ2v) is 5.12. The molecule has 0 aliphatic rings. The molecule has 2 nitrogen and oxygen atoms in total. The number of nitrogens with zero attached hydrogens (tertiary/aromatic N) is 1. The molecular weight excluding hydrogens is 263 g/mol. The maximum Gasteiger partial charge on any atom is 0.00245 e. The molecule has 0 atom stereocenters. The molecule has 0 saturated carbocycles. The normalized spacial score (nSPS) is 11.5. The summed E-state index contributed by atoms with van der Waals surface area (Å²) in [7, 11) is 2.01. The summed E-state index contributed by atoms with van der Waals surface area (Å²) in [5, 5.41) is 0. The zero-order valence-corrected chi connectivity index (χ0v) is 13.5. The van der Waals surface area contributed by atoms with Gasteiger partial charge in [-0.15, -0.1) is 6.54 Å². The van der Waals surface area contributed by atoms with Gasteiger partial charge in [0.15, 0.2) is 0 Å². The Morgan fingerprint density at radius 1 is 1.47 bits per heavy atom. The molecule has 0 aromatic rings. The van der Waals surface area contributed by atoms with Crippen molar-refractivity contribution in [3.63, 3.8) is 0 Å². The first-order chi connectivity index (χ1) is 6.22. The van der Waals surface area contributed by atoms with Crippen LogP contribution in [0.1, 0.15) is 27.7 Å². The minimum Gasteiger partial charge on any atom is -0.337 e. The van der Waals surface area contributed by atoms with Crippen LogP contribution in [0.3, 0.4) is 0 Å². The smallest absolute Gasteiger partial charge is 0.00245 e. The van der Waals surface area contributed by atoms with E-state index in [0.29, 0.717) is 0 Å². The van der Waals surface area contributed by atoms with Crippen molar-refractivity contribution in [2.45, 2.75) is 27.7 Å². The van der Waals surface area contributed by atoms with E-state index in [0.717, 1.165) is 13.1 Å². The molecule has 0 saturated heterocycles. The van der Waals surface area contributed by atoms with Gasteiger partial charge in [0.25, 0.3) is 0 Å². The fourth-order valence-electron chi connectivity index (χ4n) is 1.28. The molecule has 0 aromatic heterocycles. The number of hydrogen-bond acceptors (Lipinski definition) is 2. The summed E-state index contributed by atoms with van der Waals surface area (Å²) in [4.78, 5) is 13.4. The monoisotopic (exact) mass is 286 g/mol. The summed E-state index contributed by atoms with van der Waals surface area (Å²) in [5.41, 5.74) is 0.0451. The second-order valence-electron chi connectivity index (χ2n) is 5.12. The van der Waals surface area contributed by atoms with E-state index in [4.69, 9.17) is 0 Å². The summed E-state index contributed by atoms with van der Waals surface area (Å²) in [6.07, 6.45) is 1.76. The maximum atomic E-state index is 11.3. The number of hydrogen-bond donors (Lipinski definition) is 0. The molecular formula is C12H23NOY-2. The van der Waals surface area contributed by atoms with Gasteiger partial charge in [-0.05, 0) is 19.5 Å². The zero-order chi connectivity index (χ0) is 11.4. The zero-order valence-electron chi connectivity index (χ0n) is 10.7. The van der Waals surface area contributed by atoms with Gasteiger partial charge in [-0.25, -0.2) is 0 Å². The van der Waals surface area contributed by atoms with E-state index in [1.807, 2.05) is 20.9 Å². The Labute approximate surface area is 120 Å². The van der Waals surface area contributed by atoms with E-state index in [-0.39, 0.29) is 49.8 Å². The van der Waals surface area contributed by atoms with Crippen LogP contribution in [-0.2, 0) is 37.5 Å². The van der Waals surface area contributed by atoms with Crippen LogP contribution >= 0.6 is 0 Å². The van der Waals surface area contributed by atoms with Crippen molar-refractivity contribution >= 4 is 5.78 Å². The Kier molecular flexibility index (Phi) is 9.36. The molecule has 15 heavy (non-hydrogen) atoms. The average Bonchev–Trinajstić information content (AvgIpc) is 1.96. The van der Waals surface area contributed by atoms with Gasteiger partial charge in [-0.3, -0.25) is 0 Å². The first-order valence-corrected chi connectivity index (χ1v) is 5.13. The first-order valence-electron chi connectivity index (χ1n) is 5.13. The van der Waals surface area contributed by atoms with Crippen LogP contribution in [0.2, 0.25) is 0 Å². The summed E-state index contributed by atoms with van der Waals surface area (Å²) in [6.45, 7) is 13.7. The number of Topliss-reactive ketones (excluding diaryl/α,β-unsaturated/α-hetero) is 1. The summed E-state index contributed by atoms with van der Waals surface area (Å²) in [5.74, 6) is 0.329. The third-order valence-electron chi connectivity index (χ3n) is 1.87. The Bertz CT molecular complexity index is 185. The van der Waals surface area contributed by atoms with Crippen LogP contribution in [-0.4, -0.2) is 30.8 Å². The third kappa shape index (κ3) is 10.9. The van der Waals surface area contributed by atoms with Crippen molar-refractivity contribution < 1.29 is 37.5 Å². The second kappa shape index (κ2) is 7.81. The Hall–Kier alpha value is 0.604. The number of rotatable bonds is 6. The molecule has 0 aliphatic heterocycles. The topological polar surface area (TPSA) is 20.3 Å². The van der Waals surface area contributed by atoms with E-state index < -0.39 is 0 Å². The average molecular weight is 286 g/mol. The van der Waals surface area contributed by atoms with Gasteiger partial charge in [-0.2, -0.15) is 5.41 Å². The van der Waals surface area contributed by atoms with Crippen LogP contribution in [0.25, 0.3) is 0 Å². The van der Waals surface area contributed by atoms with Crippen LogP contribution in [0.4, 0.5) is 0 Å². The fraction of sp³-hybridized carbons (Fsp3) is 0.750. The number of carbonyl (C=O) groups is 1. The Morgan fingerprint density at radius 2 is 1.93 bits per heavy atom. The van der Waals surface area contributed by atoms with Crippen LogP contribution < -0.4 is 0 Å². The molecule has 0 heterocycles. The summed E-state index contributed by atoms with van der Waals surface area (Å²) in [6, 6.07) is 0. The Morgan fingerprint density at radius 3 is 2.27 bits per heavy atom. The van der Waals surface area contributed by atoms with Crippen molar-refractivity contribution in [3.8, 4) is 0 Å². The molecule has 0 fully saturated rings. The molecule has 0 bridgehead atoms. The van der Waals surface area contributed by atoms with Gasteiger partial charge in [0.2, 0.25) is 0 Å². The van der Waals surface area contributed by atoms with E-state index in [1.165, 1.54) is 0 Å².